The molecule has 0 radical (unpaired) electrons. The van der Waals surface area contributed by atoms with Crippen molar-refractivity contribution in [3.8, 4) is 0 Å². The Kier molecular flexibility index (Phi) is 5.82. The number of aliphatic hydroxyl groups is 2. The van der Waals surface area contributed by atoms with Crippen molar-refractivity contribution in [3.05, 3.63) is 46.9 Å². The minimum Gasteiger partial charge on any atom is -0.387 e. The maximum Gasteiger partial charge on any atom is 0.244 e. The molecule has 2 heterocycles. The maximum absolute atomic E-state index is 12.1. The van der Waals surface area contributed by atoms with Gasteiger partial charge in [0.05, 0.1) is 12.8 Å². The first-order chi connectivity index (χ1) is 12.3. The summed E-state index contributed by atoms with van der Waals surface area (Å²) in [6.45, 7) is 0.185. The molecule has 1 unspecified atom stereocenters. The second-order valence-corrected chi connectivity index (χ2v) is 7.55. The van der Waals surface area contributed by atoms with Gasteiger partial charge in [0.1, 0.15) is 24.1 Å². The lowest BCUT2D eigenvalue weighted by atomic mass is 10.1. The molecule has 1 aromatic rings. The fourth-order valence-electron chi connectivity index (χ4n) is 3.20. The lowest BCUT2D eigenvalue weighted by Crippen LogP contribution is -2.46. The van der Waals surface area contributed by atoms with Crippen LogP contribution in [0.3, 0.4) is 0 Å². The summed E-state index contributed by atoms with van der Waals surface area (Å²) in [7, 11) is 0. The van der Waals surface area contributed by atoms with Crippen LogP contribution in [0.25, 0.3) is 0 Å². The van der Waals surface area contributed by atoms with Gasteiger partial charge in [0, 0.05) is 15.7 Å². The summed E-state index contributed by atoms with van der Waals surface area (Å²) < 4.78 is 6.27. The van der Waals surface area contributed by atoms with Crippen molar-refractivity contribution in [2.45, 2.75) is 30.6 Å². The number of hydrogen-bond acceptors (Lipinski definition) is 7. The van der Waals surface area contributed by atoms with Crippen LogP contribution in [0.15, 0.2) is 36.3 Å². The molecule has 6 N–H and O–H groups in total. The molecule has 8 nitrogen and oxygen atoms in total. The highest BCUT2D eigenvalue weighted by Gasteiger charge is 2.47. The third-order valence-corrected chi connectivity index (χ3v) is 5.65. The molecule has 0 spiro atoms. The number of aliphatic hydroxyl groups excluding tert-OH is 2. The van der Waals surface area contributed by atoms with Gasteiger partial charge >= 0.3 is 0 Å². The van der Waals surface area contributed by atoms with Crippen molar-refractivity contribution >= 4 is 40.1 Å². The predicted molar refractivity (Wildman–Crippen MR) is 104 cm³/mol. The quantitative estimate of drug-likeness (QED) is 0.337. The van der Waals surface area contributed by atoms with E-state index in [2.05, 4.69) is 22.6 Å². The molecule has 2 aliphatic rings. The molecule has 0 saturated carbocycles. The first-order valence-corrected chi connectivity index (χ1v) is 9.86. The Hall–Kier alpha value is -1.27. The number of rotatable bonds is 5. The fraction of sp³-hybridized carbons (Fsp3) is 0.438. The Bertz CT molecular complexity index is 704. The van der Waals surface area contributed by atoms with Gasteiger partial charge in [-0.15, -0.1) is 0 Å². The van der Waals surface area contributed by atoms with Crippen molar-refractivity contribution in [2.24, 2.45) is 11.5 Å². The number of hydrogen-bond donors (Lipinski definition) is 4. The normalized spacial score (nSPS) is 29.8. The number of amides is 1. The molecule has 5 atom stereocenters. The average Bonchev–Trinajstić information content (AvgIpc) is 3.10. The van der Waals surface area contributed by atoms with Crippen molar-refractivity contribution in [1.82, 2.24) is 9.80 Å². The van der Waals surface area contributed by atoms with Gasteiger partial charge in [-0.3, -0.25) is 4.79 Å². The van der Waals surface area contributed by atoms with E-state index in [1.54, 1.807) is 40.3 Å². The highest BCUT2D eigenvalue weighted by molar-refractivity contribution is 14.1. The van der Waals surface area contributed by atoms with Gasteiger partial charge in [-0.2, -0.15) is 0 Å². The van der Waals surface area contributed by atoms with E-state index in [1.807, 2.05) is 0 Å². The van der Waals surface area contributed by atoms with Crippen LogP contribution in [-0.4, -0.2) is 61.6 Å². The van der Waals surface area contributed by atoms with Gasteiger partial charge in [-0.05, 0) is 17.7 Å². The summed E-state index contributed by atoms with van der Waals surface area (Å²) in [5, 5.41) is 20.9. The van der Waals surface area contributed by atoms with E-state index in [4.69, 9.17) is 27.8 Å². The Balaban J connectivity index is 1.81. The SMILES string of the molecule is NC(=O)C(c1ccc(Cl)cc1)N1C=C(N)N([C@@H]2O[C@H](CI)[C@@H](O)[C@H]2O)C1. The van der Waals surface area contributed by atoms with Gasteiger partial charge in [0.15, 0.2) is 6.23 Å². The van der Waals surface area contributed by atoms with Crippen LogP contribution in [0.5, 0.6) is 0 Å². The van der Waals surface area contributed by atoms with Crippen LogP contribution in [0.2, 0.25) is 5.02 Å². The summed E-state index contributed by atoms with van der Waals surface area (Å²) in [6, 6.07) is 6.06. The minimum atomic E-state index is -1.11. The van der Waals surface area contributed by atoms with Gasteiger partial charge in [0.2, 0.25) is 5.91 Å². The average molecular weight is 495 g/mol. The van der Waals surface area contributed by atoms with Crippen LogP contribution >= 0.6 is 34.2 Å². The zero-order valence-corrected chi connectivity index (χ0v) is 16.6. The summed E-state index contributed by atoms with van der Waals surface area (Å²) in [5.41, 5.74) is 12.4. The van der Waals surface area contributed by atoms with E-state index in [1.165, 1.54) is 0 Å². The van der Waals surface area contributed by atoms with Crippen LogP contribution < -0.4 is 11.5 Å². The van der Waals surface area contributed by atoms with Crippen molar-refractivity contribution in [2.75, 3.05) is 11.1 Å². The van der Waals surface area contributed by atoms with Crippen LogP contribution in [0.1, 0.15) is 11.6 Å². The lowest BCUT2D eigenvalue weighted by molar-refractivity contribution is -0.124. The number of nitrogens with two attached hydrogens (primary N) is 2. The van der Waals surface area contributed by atoms with Crippen molar-refractivity contribution < 1.29 is 19.7 Å². The molecule has 0 aliphatic carbocycles. The fourth-order valence-corrected chi connectivity index (χ4v) is 4.06. The highest BCUT2D eigenvalue weighted by atomic mass is 127. The molecule has 10 heteroatoms. The molecule has 1 amide bonds. The standard InChI is InChI=1S/C16H20ClIN4O4/c17-9-3-1-8(2-4-9)12(15(20)25)21-6-11(19)22(7-21)16-14(24)13(23)10(5-18)26-16/h1-4,6,10,12-14,16,23-24H,5,7,19H2,(H2,20,25)/t10-,12?,13-,14-,16-/m1/s1. The molecule has 3 rings (SSSR count). The monoisotopic (exact) mass is 494 g/mol. The number of benzene rings is 1. The molecule has 0 aromatic heterocycles. The van der Waals surface area contributed by atoms with E-state index >= 15 is 0 Å². The lowest BCUT2D eigenvalue weighted by Gasteiger charge is -2.32. The van der Waals surface area contributed by atoms with Gasteiger partial charge < -0.3 is 36.2 Å². The Morgan fingerprint density at radius 2 is 2.00 bits per heavy atom. The summed E-state index contributed by atoms with van der Waals surface area (Å²) in [5.74, 6) is -0.230. The predicted octanol–water partition coefficient (Wildman–Crippen LogP) is 0.0808. The number of alkyl halides is 1. The van der Waals surface area contributed by atoms with Crippen LogP contribution in [-0.2, 0) is 9.53 Å². The summed E-state index contributed by atoms with van der Waals surface area (Å²) >= 11 is 7.99. The Labute approximate surface area is 169 Å². The van der Waals surface area contributed by atoms with Crippen LogP contribution in [0, 0.1) is 0 Å². The van der Waals surface area contributed by atoms with Crippen molar-refractivity contribution in [3.63, 3.8) is 0 Å². The smallest absolute Gasteiger partial charge is 0.244 e. The number of ether oxygens (including phenoxy) is 1. The second-order valence-electron chi connectivity index (χ2n) is 6.24. The largest absolute Gasteiger partial charge is 0.387 e. The van der Waals surface area contributed by atoms with Crippen LogP contribution in [0.4, 0.5) is 0 Å². The summed E-state index contributed by atoms with van der Waals surface area (Å²) in [4.78, 5) is 15.3. The van der Waals surface area contributed by atoms with E-state index in [9.17, 15) is 15.0 Å². The van der Waals surface area contributed by atoms with Gasteiger partial charge in [-0.1, -0.05) is 46.3 Å². The highest BCUT2D eigenvalue weighted by Crippen LogP contribution is 2.32. The minimum absolute atomic E-state index is 0.185. The number of halogens is 2. The molecule has 26 heavy (non-hydrogen) atoms. The molecule has 0 bridgehead atoms. The molecular weight excluding hydrogens is 475 g/mol. The molecule has 1 fully saturated rings. The Morgan fingerprint density at radius 3 is 2.54 bits per heavy atom. The number of primary amides is 1. The first kappa shape index (κ1) is 19.5. The number of carbonyl (C=O) groups excluding carboxylic acids is 1. The third kappa shape index (κ3) is 3.58. The summed E-state index contributed by atoms with van der Waals surface area (Å²) in [6.07, 6.45) is -1.80. The van der Waals surface area contributed by atoms with Gasteiger partial charge in [-0.25, -0.2) is 0 Å². The van der Waals surface area contributed by atoms with E-state index < -0.39 is 36.5 Å². The third-order valence-electron chi connectivity index (χ3n) is 4.53. The number of carbonyl (C=O) groups is 1. The van der Waals surface area contributed by atoms with E-state index in [-0.39, 0.29) is 6.67 Å². The molecule has 2 aliphatic heterocycles. The first-order valence-electron chi connectivity index (χ1n) is 7.95. The topological polar surface area (TPSA) is 125 Å². The van der Waals surface area contributed by atoms with Gasteiger partial charge in [0.25, 0.3) is 0 Å². The molecule has 1 saturated heterocycles. The zero-order chi connectivity index (χ0) is 19.0. The van der Waals surface area contributed by atoms with E-state index in [0.29, 0.717) is 20.8 Å². The Morgan fingerprint density at radius 1 is 1.35 bits per heavy atom. The molecule has 1 aromatic carbocycles. The second kappa shape index (κ2) is 7.77. The maximum atomic E-state index is 12.1. The molecule has 142 valence electrons. The van der Waals surface area contributed by atoms with E-state index in [0.717, 1.165) is 0 Å². The number of nitrogens with zero attached hydrogens (tertiary/aromatic N) is 2. The van der Waals surface area contributed by atoms with Crippen molar-refractivity contribution in [1.29, 1.82) is 0 Å². The molecular formula is C16H20ClIN4O4. The zero-order valence-electron chi connectivity index (χ0n) is 13.7.